The SMILES string of the molecule is O=C(O)C1=Cc2cc[nH]c2C=CC1. The van der Waals surface area contributed by atoms with Crippen molar-refractivity contribution >= 4 is 18.1 Å². The Bertz CT molecular complexity index is 399. The van der Waals surface area contributed by atoms with Gasteiger partial charge in [0, 0.05) is 17.5 Å². The monoisotopic (exact) mass is 175 g/mol. The van der Waals surface area contributed by atoms with E-state index in [9.17, 15) is 4.79 Å². The Morgan fingerprint density at radius 2 is 2.38 bits per heavy atom. The molecular formula is C10H9NO2. The molecule has 0 aromatic carbocycles. The van der Waals surface area contributed by atoms with E-state index >= 15 is 0 Å². The second-order valence-electron chi connectivity index (χ2n) is 2.93. The molecule has 0 amide bonds. The Labute approximate surface area is 75.4 Å². The number of carbonyl (C=O) groups is 1. The highest BCUT2D eigenvalue weighted by atomic mass is 16.4. The molecule has 0 saturated carbocycles. The fourth-order valence-corrected chi connectivity index (χ4v) is 1.36. The number of aromatic nitrogens is 1. The molecule has 1 aromatic heterocycles. The van der Waals surface area contributed by atoms with Gasteiger partial charge in [0.2, 0.25) is 0 Å². The van der Waals surface area contributed by atoms with Crippen LogP contribution in [0.4, 0.5) is 0 Å². The van der Waals surface area contributed by atoms with Crippen molar-refractivity contribution in [3.63, 3.8) is 0 Å². The van der Waals surface area contributed by atoms with Gasteiger partial charge in [0.15, 0.2) is 0 Å². The van der Waals surface area contributed by atoms with Crippen LogP contribution in [0.1, 0.15) is 17.7 Å². The van der Waals surface area contributed by atoms with Crippen molar-refractivity contribution in [2.24, 2.45) is 0 Å². The molecule has 3 heteroatoms. The Balaban J connectivity index is 2.48. The van der Waals surface area contributed by atoms with Crippen LogP contribution in [-0.4, -0.2) is 16.1 Å². The minimum Gasteiger partial charge on any atom is -0.478 e. The van der Waals surface area contributed by atoms with Gasteiger partial charge in [-0.05, 0) is 30.2 Å². The smallest absolute Gasteiger partial charge is 0.331 e. The highest BCUT2D eigenvalue weighted by Crippen LogP contribution is 2.19. The lowest BCUT2D eigenvalue weighted by molar-refractivity contribution is -0.132. The van der Waals surface area contributed by atoms with Crippen molar-refractivity contribution < 1.29 is 9.90 Å². The number of carboxylic acid groups (broad SMARTS) is 1. The molecule has 1 aromatic rings. The summed E-state index contributed by atoms with van der Waals surface area (Å²) in [7, 11) is 0. The summed E-state index contributed by atoms with van der Waals surface area (Å²) in [4.78, 5) is 13.8. The first kappa shape index (κ1) is 7.86. The van der Waals surface area contributed by atoms with E-state index in [-0.39, 0.29) is 0 Å². The van der Waals surface area contributed by atoms with Crippen molar-refractivity contribution in [1.82, 2.24) is 4.98 Å². The Hall–Kier alpha value is -1.77. The number of H-pyrrole nitrogens is 1. The summed E-state index contributed by atoms with van der Waals surface area (Å²) in [5.74, 6) is -0.848. The predicted molar refractivity (Wildman–Crippen MR) is 50.1 cm³/mol. The zero-order valence-electron chi connectivity index (χ0n) is 6.95. The average molecular weight is 175 g/mol. The van der Waals surface area contributed by atoms with E-state index in [0.29, 0.717) is 12.0 Å². The molecule has 2 N–H and O–H groups in total. The summed E-state index contributed by atoms with van der Waals surface area (Å²) in [5, 5.41) is 8.81. The van der Waals surface area contributed by atoms with Crippen LogP contribution < -0.4 is 0 Å². The van der Waals surface area contributed by atoms with Crippen LogP contribution in [0.5, 0.6) is 0 Å². The highest BCUT2D eigenvalue weighted by molar-refractivity contribution is 5.93. The van der Waals surface area contributed by atoms with Gasteiger partial charge < -0.3 is 10.1 Å². The number of hydrogen-bond acceptors (Lipinski definition) is 1. The molecule has 0 spiro atoms. The van der Waals surface area contributed by atoms with Gasteiger partial charge in [-0.25, -0.2) is 4.79 Å². The largest absolute Gasteiger partial charge is 0.478 e. The second-order valence-corrected chi connectivity index (χ2v) is 2.93. The molecule has 0 aliphatic heterocycles. The van der Waals surface area contributed by atoms with Gasteiger partial charge in [0.1, 0.15) is 0 Å². The fraction of sp³-hybridized carbons (Fsp3) is 0.100. The van der Waals surface area contributed by atoms with Crippen molar-refractivity contribution in [2.45, 2.75) is 6.42 Å². The van der Waals surface area contributed by atoms with E-state index in [0.717, 1.165) is 11.3 Å². The molecule has 3 nitrogen and oxygen atoms in total. The zero-order valence-corrected chi connectivity index (χ0v) is 6.95. The van der Waals surface area contributed by atoms with E-state index < -0.39 is 5.97 Å². The van der Waals surface area contributed by atoms with Crippen LogP contribution in [0.15, 0.2) is 23.9 Å². The number of fused-ring (bicyclic) bond motifs is 1. The standard InChI is InChI=1S/C10H9NO2/c12-10(13)8-2-1-3-9-7(6-8)4-5-11-9/h1,3-6,11H,2H2,(H,12,13). The van der Waals surface area contributed by atoms with Gasteiger partial charge in [-0.1, -0.05) is 6.08 Å². The number of allylic oxidation sites excluding steroid dienone is 1. The summed E-state index contributed by atoms with van der Waals surface area (Å²) < 4.78 is 0. The molecule has 0 atom stereocenters. The van der Waals surface area contributed by atoms with Crippen molar-refractivity contribution in [3.05, 3.63) is 35.2 Å². The van der Waals surface area contributed by atoms with E-state index in [1.807, 2.05) is 18.2 Å². The summed E-state index contributed by atoms with van der Waals surface area (Å²) in [6, 6.07) is 1.87. The molecule has 0 radical (unpaired) electrons. The van der Waals surface area contributed by atoms with Gasteiger partial charge in [-0.2, -0.15) is 0 Å². The molecule has 13 heavy (non-hydrogen) atoms. The van der Waals surface area contributed by atoms with Gasteiger partial charge in [-0.3, -0.25) is 0 Å². The van der Waals surface area contributed by atoms with Gasteiger partial charge in [-0.15, -0.1) is 0 Å². The molecular weight excluding hydrogens is 166 g/mol. The topological polar surface area (TPSA) is 53.1 Å². The lowest BCUT2D eigenvalue weighted by Crippen LogP contribution is -1.98. The summed E-state index contributed by atoms with van der Waals surface area (Å²) in [6.45, 7) is 0. The van der Waals surface area contributed by atoms with Crippen LogP contribution in [0.2, 0.25) is 0 Å². The molecule has 1 aliphatic rings. The van der Waals surface area contributed by atoms with Crippen LogP contribution in [0.25, 0.3) is 12.2 Å². The van der Waals surface area contributed by atoms with E-state index in [1.54, 1.807) is 12.3 Å². The quantitative estimate of drug-likeness (QED) is 0.684. The molecule has 0 saturated heterocycles. The molecule has 0 bridgehead atoms. The average Bonchev–Trinajstić information content (AvgIpc) is 2.42. The Morgan fingerprint density at radius 1 is 1.54 bits per heavy atom. The first-order valence-corrected chi connectivity index (χ1v) is 4.05. The number of carboxylic acids is 1. The third-order valence-electron chi connectivity index (χ3n) is 2.04. The van der Waals surface area contributed by atoms with Crippen molar-refractivity contribution in [2.75, 3.05) is 0 Å². The summed E-state index contributed by atoms with van der Waals surface area (Å²) >= 11 is 0. The molecule has 66 valence electrons. The number of aromatic amines is 1. The number of rotatable bonds is 1. The molecule has 0 unspecified atom stereocenters. The van der Waals surface area contributed by atoms with Gasteiger partial charge in [0.25, 0.3) is 0 Å². The van der Waals surface area contributed by atoms with Crippen molar-refractivity contribution in [3.8, 4) is 0 Å². The van der Waals surface area contributed by atoms with Gasteiger partial charge in [0.05, 0.1) is 0 Å². The third kappa shape index (κ3) is 1.40. The number of aliphatic carboxylic acids is 1. The summed E-state index contributed by atoms with van der Waals surface area (Å²) in [6.07, 6.45) is 7.74. The number of nitrogens with one attached hydrogen (secondary N) is 1. The Kier molecular flexibility index (Phi) is 1.77. The fourth-order valence-electron chi connectivity index (χ4n) is 1.36. The first-order chi connectivity index (χ1) is 6.27. The van der Waals surface area contributed by atoms with Crippen LogP contribution in [0.3, 0.4) is 0 Å². The molecule has 0 fully saturated rings. The minimum atomic E-state index is -0.848. The second kappa shape index (κ2) is 2.94. The van der Waals surface area contributed by atoms with Crippen LogP contribution in [0, 0.1) is 0 Å². The maximum Gasteiger partial charge on any atom is 0.331 e. The van der Waals surface area contributed by atoms with Gasteiger partial charge >= 0.3 is 5.97 Å². The van der Waals surface area contributed by atoms with Crippen molar-refractivity contribution in [1.29, 1.82) is 0 Å². The van der Waals surface area contributed by atoms with E-state index in [1.165, 1.54) is 0 Å². The summed E-state index contributed by atoms with van der Waals surface area (Å²) in [5.41, 5.74) is 2.33. The van der Waals surface area contributed by atoms with E-state index in [2.05, 4.69) is 4.98 Å². The molecule has 2 rings (SSSR count). The third-order valence-corrected chi connectivity index (χ3v) is 2.04. The lowest BCUT2D eigenvalue weighted by Gasteiger charge is -1.94. The maximum atomic E-state index is 10.7. The van der Waals surface area contributed by atoms with Crippen LogP contribution in [-0.2, 0) is 4.79 Å². The Morgan fingerprint density at radius 3 is 3.15 bits per heavy atom. The number of hydrogen-bond donors (Lipinski definition) is 2. The highest BCUT2D eigenvalue weighted by Gasteiger charge is 2.09. The molecule has 1 heterocycles. The minimum absolute atomic E-state index is 0.426. The predicted octanol–water partition coefficient (Wildman–Crippen LogP) is 1.90. The normalized spacial score (nSPS) is 14.6. The van der Waals surface area contributed by atoms with Crippen LogP contribution >= 0.6 is 0 Å². The lowest BCUT2D eigenvalue weighted by atomic mass is 10.1. The zero-order chi connectivity index (χ0) is 9.26. The first-order valence-electron chi connectivity index (χ1n) is 4.05. The van der Waals surface area contributed by atoms with E-state index in [4.69, 9.17) is 5.11 Å². The molecule has 1 aliphatic carbocycles. The maximum absolute atomic E-state index is 10.7.